The van der Waals surface area contributed by atoms with Gasteiger partial charge in [-0.15, -0.1) is 0 Å². The number of halogens is 1. The molecule has 1 aromatic carbocycles. The minimum absolute atomic E-state index is 0.609. The van der Waals surface area contributed by atoms with Crippen LogP contribution in [0.5, 0.6) is 0 Å². The highest BCUT2D eigenvalue weighted by Crippen LogP contribution is 2.28. The van der Waals surface area contributed by atoms with Gasteiger partial charge in [-0.1, -0.05) is 35.5 Å². The summed E-state index contributed by atoms with van der Waals surface area (Å²) in [6.45, 7) is 0. The Morgan fingerprint density at radius 3 is 2.69 bits per heavy atom. The molecule has 2 nitrogen and oxygen atoms in total. The molecular weight excluding hydrogens is 240 g/mol. The number of nitriles is 1. The van der Waals surface area contributed by atoms with E-state index in [9.17, 15) is 0 Å². The number of hydrogen-bond donors (Lipinski definition) is 0. The Kier molecular flexibility index (Phi) is 3.45. The molecule has 1 aromatic heterocycles. The van der Waals surface area contributed by atoms with Gasteiger partial charge in [-0.2, -0.15) is 5.26 Å². The van der Waals surface area contributed by atoms with Crippen LogP contribution in [0.4, 0.5) is 0 Å². The molecule has 1 heterocycles. The smallest absolute Gasteiger partial charge is 0.101 e. The monoisotopic (exact) mass is 246 g/mol. The standard InChI is InChI=1S/C12H7ClN2S/c13-10-5-6-12(15-8-10)16-11-4-2-1-3-9(11)7-14/h1-6,8H. The average Bonchev–Trinajstić information content (AvgIpc) is 2.33. The fourth-order valence-electron chi connectivity index (χ4n) is 1.18. The molecule has 0 bridgehead atoms. The van der Waals surface area contributed by atoms with Crippen molar-refractivity contribution in [3.8, 4) is 6.07 Å². The predicted molar refractivity (Wildman–Crippen MR) is 64.5 cm³/mol. The Morgan fingerprint density at radius 2 is 2.00 bits per heavy atom. The maximum Gasteiger partial charge on any atom is 0.101 e. The lowest BCUT2D eigenvalue weighted by atomic mass is 10.2. The van der Waals surface area contributed by atoms with Crippen molar-refractivity contribution in [2.24, 2.45) is 0 Å². The quantitative estimate of drug-likeness (QED) is 0.810. The maximum absolute atomic E-state index is 8.94. The number of hydrogen-bond acceptors (Lipinski definition) is 3. The second kappa shape index (κ2) is 5.02. The lowest BCUT2D eigenvalue weighted by Crippen LogP contribution is -1.82. The van der Waals surface area contributed by atoms with Crippen molar-refractivity contribution in [2.45, 2.75) is 9.92 Å². The number of pyridine rings is 1. The van der Waals surface area contributed by atoms with Gasteiger partial charge in [-0.05, 0) is 24.3 Å². The van der Waals surface area contributed by atoms with E-state index < -0.39 is 0 Å². The molecule has 0 radical (unpaired) electrons. The molecule has 0 fully saturated rings. The Bertz CT molecular complexity index is 531. The lowest BCUT2D eigenvalue weighted by Gasteiger charge is -2.02. The van der Waals surface area contributed by atoms with Crippen molar-refractivity contribution < 1.29 is 0 Å². The van der Waals surface area contributed by atoms with E-state index in [1.165, 1.54) is 11.8 Å². The minimum atomic E-state index is 0.609. The minimum Gasteiger partial charge on any atom is -0.248 e. The van der Waals surface area contributed by atoms with Gasteiger partial charge >= 0.3 is 0 Å². The molecule has 0 atom stereocenters. The van der Waals surface area contributed by atoms with Crippen molar-refractivity contribution in [1.29, 1.82) is 5.26 Å². The molecule has 0 aliphatic rings. The molecule has 0 N–H and O–H groups in total. The van der Waals surface area contributed by atoms with Crippen LogP contribution >= 0.6 is 23.4 Å². The van der Waals surface area contributed by atoms with E-state index in [2.05, 4.69) is 11.1 Å². The largest absolute Gasteiger partial charge is 0.248 e. The molecule has 4 heteroatoms. The normalized spacial score (nSPS) is 9.75. The molecule has 0 unspecified atom stereocenters. The van der Waals surface area contributed by atoms with Gasteiger partial charge in [-0.25, -0.2) is 4.98 Å². The molecule has 16 heavy (non-hydrogen) atoms. The van der Waals surface area contributed by atoms with E-state index in [1.807, 2.05) is 24.3 Å². The second-order valence-corrected chi connectivity index (χ2v) is 4.52. The number of nitrogens with zero attached hydrogens (tertiary/aromatic N) is 2. The van der Waals surface area contributed by atoms with E-state index in [-0.39, 0.29) is 0 Å². The Morgan fingerprint density at radius 1 is 1.19 bits per heavy atom. The first-order valence-electron chi connectivity index (χ1n) is 4.58. The van der Waals surface area contributed by atoms with Gasteiger partial charge < -0.3 is 0 Å². The zero-order chi connectivity index (χ0) is 11.4. The van der Waals surface area contributed by atoms with Crippen LogP contribution < -0.4 is 0 Å². The number of aromatic nitrogens is 1. The first-order chi connectivity index (χ1) is 7.79. The number of benzene rings is 1. The zero-order valence-corrected chi connectivity index (χ0v) is 9.79. The summed E-state index contributed by atoms with van der Waals surface area (Å²) in [5, 5.41) is 10.4. The number of rotatable bonds is 2. The van der Waals surface area contributed by atoms with Crippen molar-refractivity contribution >= 4 is 23.4 Å². The summed E-state index contributed by atoms with van der Waals surface area (Å²) in [5.74, 6) is 0. The molecular formula is C12H7ClN2S. The topological polar surface area (TPSA) is 36.7 Å². The van der Waals surface area contributed by atoms with Crippen LogP contribution in [-0.4, -0.2) is 4.98 Å². The van der Waals surface area contributed by atoms with Crippen LogP contribution in [0.3, 0.4) is 0 Å². The third kappa shape index (κ3) is 2.54. The van der Waals surface area contributed by atoms with E-state index in [4.69, 9.17) is 16.9 Å². The van der Waals surface area contributed by atoms with Crippen molar-refractivity contribution in [2.75, 3.05) is 0 Å². The third-order valence-electron chi connectivity index (χ3n) is 1.92. The maximum atomic E-state index is 8.94. The predicted octanol–water partition coefficient (Wildman–Crippen LogP) is 3.76. The van der Waals surface area contributed by atoms with Crippen LogP contribution in [0.1, 0.15) is 5.56 Å². The highest BCUT2D eigenvalue weighted by molar-refractivity contribution is 7.99. The zero-order valence-electron chi connectivity index (χ0n) is 8.22. The molecule has 2 aromatic rings. The Hall–Kier alpha value is -1.50. The van der Waals surface area contributed by atoms with Crippen LogP contribution in [0.25, 0.3) is 0 Å². The highest BCUT2D eigenvalue weighted by atomic mass is 35.5. The van der Waals surface area contributed by atoms with Gasteiger partial charge in [0.2, 0.25) is 0 Å². The van der Waals surface area contributed by atoms with Crippen molar-refractivity contribution in [3.05, 3.63) is 53.2 Å². The van der Waals surface area contributed by atoms with E-state index in [1.54, 1.807) is 18.3 Å². The summed E-state index contributed by atoms with van der Waals surface area (Å²) >= 11 is 7.20. The second-order valence-electron chi connectivity index (χ2n) is 3.02. The summed E-state index contributed by atoms with van der Waals surface area (Å²) in [6.07, 6.45) is 1.60. The van der Waals surface area contributed by atoms with E-state index in [0.29, 0.717) is 10.6 Å². The summed E-state index contributed by atoms with van der Waals surface area (Å²) in [6, 6.07) is 13.2. The molecule has 0 aliphatic heterocycles. The van der Waals surface area contributed by atoms with Crippen LogP contribution in [0.2, 0.25) is 5.02 Å². The van der Waals surface area contributed by atoms with Crippen LogP contribution in [0.15, 0.2) is 52.5 Å². The van der Waals surface area contributed by atoms with Crippen LogP contribution in [-0.2, 0) is 0 Å². The third-order valence-corrected chi connectivity index (χ3v) is 3.17. The first-order valence-corrected chi connectivity index (χ1v) is 5.77. The Labute approximate surface area is 103 Å². The molecule has 2 rings (SSSR count). The molecule has 0 amide bonds. The Balaban J connectivity index is 2.27. The van der Waals surface area contributed by atoms with E-state index in [0.717, 1.165) is 9.92 Å². The summed E-state index contributed by atoms with van der Waals surface area (Å²) in [7, 11) is 0. The molecule has 78 valence electrons. The average molecular weight is 247 g/mol. The fourth-order valence-corrected chi connectivity index (χ4v) is 2.13. The SMILES string of the molecule is N#Cc1ccccc1Sc1ccc(Cl)cn1. The van der Waals surface area contributed by atoms with Gasteiger partial charge in [-0.3, -0.25) is 0 Å². The molecule has 0 aliphatic carbocycles. The first kappa shape index (κ1) is 11.0. The summed E-state index contributed by atoms with van der Waals surface area (Å²) < 4.78 is 0. The molecule has 0 spiro atoms. The van der Waals surface area contributed by atoms with Gasteiger partial charge in [0, 0.05) is 11.1 Å². The summed E-state index contributed by atoms with van der Waals surface area (Å²) in [5.41, 5.74) is 0.657. The van der Waals surface area contributed by atoms with E-state index >= 15 is 0 Å². The van der Waals surface area contributed by atoms with Gasteiger partial charge in [0.1, 0.15) is 11.1 Å². The van der Waals surface area contributed by atoms with Gasteiger partial charge in [0.05, 0.1) is 10.6 Å². The van der Waals surface area contributed by atoms with Crippen molar-refractivity contribution in [1.82, 2.24) is 4.98 Å². The molecule has 0 saturated heterocycles. The van der Waals surface area contributed by atoms with Gasteiger partial charge in [0.25, 0.3) is 0 Å². The lowest BCUT2D eigenvalue weighted by molar-refractivity contribution is 1.13. The molecule has 0 saturated carbocycles. The summed E-state index contributed by atoms with van der Waals surface area (Å²) in [4.78, 5) is 5.07. The highest BCUT2D eigenvalue weighted by Gasteiger charge is 2.03. The fraction of sp³-hybridized carbons (Fsp3) is 0. The van der Waals surface area contributed by atoms with Gasteiger partial charge in [0.15, 0.2) is 0 Å². The van der Waals surface area contributed by atoms with Crippen molar-refractivity contribution in [3.63, 3.8) is 0 Å². The van der Waals surface area contributed by atoms with Crippen LogP contribution in [0, 0.1) is 11.3 Å².